The van der Waals surface area contributed by atoms with Gasteiger partial charge in [-0.25, -0.2) is 9.78 Å². The molecule has 0 radical (unpaired) electrons. The quantitative estimate of drug-likeness (QED) is 0.185. The van der Waals surface area contributed by atoms with E-state index in [-0.39, 0.29) is 36.0 Å². The summed E-state index contributed by atoms with van der Waals surface area (Å²) >= 11 is 1.35. The van der Waals surface area contributed by atoms with E-state index in [1.807, 2.05) is 36.9 Å². The van der Waals surface area contributed by atoms with E-state index in [1.54, 1.807) is 20.2 Å². The van der Waals surface area contributed by atoms with Gasteiger partial charge in [0.2, 0.25) is 0 Å². The summed E-state index contributed by atoms with van der Waals surface area (Å²) in [6.45, 7) is 7.32. The molecule has 10 heteroatoms. The molecule has 0 amide bonds. The molecule has 2 aromatic heterocycles. The number of carbonyl (C=O) groups excluding carboxylic acids is 1. The van der Waals surface area contributed by atoms with E-state index in [0.717, 1.165) is 17.1 Å². The van der Waals surface area contributed by atoms with Gasteiger partial charge in [-0.05, 0) is 38.0 Å². The minimum Gasteiger partial charge on any atom is -0.462 e. The van der Waals surface area contributed by atoms with Crippen molar-refractivity contribution in [2.45, 2.75) is 39.9 Å². The van der Waals surface area contributed by atoms with Crippen molar-refractivity contribution in [3.63, 3.8) is 0 Å². The highest BCUT2D eigenvalue weighted by Crippen LogP contribution is 2.24. The maximum absolute atomic E-state index is 12.1. The van der Waals surface area contributed by atoms with Crippen molar-refractivity contribution in [1.82, 2.24) is 25.4 Å². The molecule has 1 unspecified atom stereocenters. The Kier molecular flexibility index (Phi) is 10.1. The highest BCUT2D eigenvalue weighted by atomic mass is 127. The number of carbonyl (C=O) groups is 1. The first-order valence-corrected chi connectivity index (χ1v) is 11.0. The van der Waals surface area contributed by atoms with Gasteiger partial charge in [0.15, 0.2) is 5.96 Å². The van der Waals surface area contributed by atoms with Crippen molar-refractivity contribution in [2.24, 2.45) is 4.99 Å². The number of halogens is 1. The third kappa shape index (κ3) is 7.02. The zero-order valence-corrected chi connectivity index (χ0v) is 21.8. The molecule has 172 valence electrons. The van der Waals surface area contributed by atoms with Gasteiger partial charge in [0.1, 0.15) is 9.88 Å². The summed E-state index contributed by atoms with van der Waals surface area (Å²) in [6, 6.07) is 10.2. The highest BCUT2D eigenvalue weighted by molar-refractivity contribution is 14.0. The molecule has 8 nitrogen and oxygen atoms in total. The van der Waals surface area contributed by atoms with E-state index in [9.17, 15) is 4.79 Å². The van der Waals surface area contributed by atoms with Crippen LogP contribution in [0, 0.1) is 6.92 Å². The van der Waals surface area contributed by atoms with E-state index >= 15 is 0 Å². The fourth-order valence-electron chi connectivity index (χ4n) is 3.05. The number of esters is 1. The Bertz CT molecular complexity index is 1030. The van der Waals surface area contributed by atoms with Crippen LogP contribution in [0.4, 0.5) is 0 Å². The van der Waals surface area contributed by atoms with Crippen LogP contribution in [-0.2, 0) is 17.8 Å². The smallest absolute Gasteiger partial charge is 0.350 e. The Morgan fingerprint density at radius 2 is 2.09 bits per heavy atom. The van der Waals surface area contributed by atoms with Gasteiger partial charge in [0, 0.05) is 26.0 Å². The summed E-state index contributed by atoms with van der Waals surface area (Å²) in [5.41, 5.74) is 3.02. The summed E-state index contributed by atoms with van der Waals surface area (Å²) in [4.78, 5) is 21.4. The van der Waals surface area contributed by atoms with Crippen LogP contribution >= 0.6 is 35.3 Å². The number of guanidine groups is 1. The number of rotatable bonds is 8. The molecule has 2 N–H and O–H groups in total. The number of aryl methyl sites for hydroxylation is 1. The molecule has 1 aromatic carbocycles. The molecule has 0 saturated heterocycles. The van der Waals surface area contributed by atoms with Crippen molar-refractivity contribution >= 4 is 47.2 Å². The van der Waals surface area contributed by atoms with Crippen molar-refractivity contribution in [3.8, 4) is 0 Å². The number of ether oxygens (including phenoxy) is 1. The van der Waals surface area contributed by atoms with Crippen LogP contribution < -0.4 is 10.6 Å². The van der Waals surface area contributed by atoms with Gasteiger partial charge >= 0.3 is 5.97 Å². The fourth-order valence-corrected chi connectivity index (χ4v) is 4.02. The van der Waals surface area contributed by atoms with Crippen LogP contribution in [0.5, 0.6) is 0 Å². The summed E-state index contributed by atoms with van der Waals surface area (Å²) in [6.07, 6.45) is 3.73. The van der Waals surface area contributed by atoms with Crippen LogP contribution in [0.15, 0.2) is 47.7 Å². The molecule has 1 atom stereocenters. The third-order valence-corrected chi connectivity index (χ3v) is 5.90. The fraction of sp³-hybridized carbons (Fsp3) is 0.364. The molecule has 0 saturated carbocycles. The van der Waals surface area contributed by atoms with Crippen molar-refractivity contribution in [2.75, 3.05) is 13.7 Å². The Labute approximate surface area is 209 Å². The number of aliphatic imine (C=N–C) groups is 1. The van der Waals surface area contributed by atoms with Gasteiger partial charge in [-0.2, -0.15) is 5.10 Å². The number of hydrogen-bond acceptors (Lipinski definition) is 6. The molecule has 3 rings (SSSR count). The van der Waals surface area contributed by atoms with Crippen LogP contribution in [0.1, 0.15) is 51.4 Å². The Balaban J connectivity index is 0.00000363. The van der Waals surface area contributed by atoms with Gasteiger partial charge < -0.3 is 15.4 Å². The lowest BCUT2D eigenvalue weighted by molar-refractivity contribution is 0.0531. The van der Waals surface area contributed by atoms with Crippen LogP contribution in [0.2, 0.25) is 0 Å². The predicted molar refractivity (Wildman–Crippen MR) is 138 cm³/mol. The number of hydrogen-bond donors (Lipinski definition) is 2. The lowest BCUT2D eigenvalue weighted by Crippen LogP contribution is -2.38. The third-order valence-electron chi connectivity index (χ3n) is 4.58. The molecule has 0 bridgehead atoms. The molecular weight excluding hydrogens is 539 g/mol. The van der Waals surface area contributed by atoms with Gasteiger partial charge in [-0.3, -0.25) is 9.67 Å². The molecule has 3 aromatic rings. The zero-order valence-electron chi connectivity index (χ0n) is 18.7. The highest BCUT2D eigenvalue weighted by Gasteiger charge is 2.20. The second-order valence-corrected chi connectivity index (χ2v) is 8.03. The van der Waals surface area contributed by atoms with Gasteiger partial charge in [0.05, 0.1) is 24.9 Å². The maximum atomic E-state index is 12.1. The molecule has 0 fully saturated rings. The molecule has 0 aliphatic heterocycles. The largest absolute Gasteiger partial charge is 0.462 e. The second-order valence-electron chi connectivity index (χ2n) is 7.00. The monoisotopic (exact) mass is 568 g/mol. The van der Waals surface area contributed by atoms with Gasteiger partial charge in [-0.1, -0.05) is 24.3 Å². The molecule has 0 aliphatic rings. The summed E-state index contributed by atoms with van der Waals surface area (Å²) in [5.74, 6) is 0.337. The average Bonchev–Trinajstić information content (AvgIpc) is 3.41. The first kappa shape index (κ1) is 25.8. The van der Waals surface area contributed by atoms with Gasteiger partial charge in [0.25, 0.3) is 0 Å². The van der Waals surface area contributed by atoms with Crippen molar-refractivity contribution in [1.29, 1.82) is 0 Å². The summed E-state index contributed by atoms with van der Waals surface area (Å²) in [7, 11) is 1.73. The summed E-state index contributed by atoms with van der Waals surface area (Å²) < 4.78 is 7.00. The zero-order chi connectivity index (χ0) is 22.2. The lowest BCUT2D eigenvalue weighted by atomic mass is 10.1. The second kappa shape index (κ2) is 12.5. The number of nitrogens with zero attached hydrogens (tertiary/aromatic N) is 4. The molecular formula is C22H29IN6O2S. The Hall–Kier alpha value is -2.47. The maximum Gasteiger partial charge on any atom is 0.350 e. The first-order chi connectivity index (χ1) is 15.0. The van der Waals surface area contributed by atoms with E-state index in [2.05, 4.69) is 43.9 Å². The number of thiazole rings is 1. The van der Waals surface area contributed by atoms with E-state index in [4.69, 9.17) is 4.74 Å². The topological polar surface area (TPSA) is 93.4 Å². The van der Waals surface area contributed by atoms with E-state index in [0.29, 0.717) is 29.7 Å². The average molecular weight is 568 g/mol. The Morgan fingerprint density at radius 3 is 2.78 bits per heavy atom. The minimum atomic E-state index is -0.326. The van der Waals surface area contributed by atoms with Crippen LogP contribution in [0.3, 0.4) is 0 Å². The number of nitrogens with one attached hydrogen (secondary N) is 2. The van der Waals surface area contributed by atoms with Crippen LogP contribution in [0.25, 0.3) is 0 Å². The SMILES string of the molecule is CCOC(=O)c1sc(C(C)NC(=NC)NCc2cccc(Cn3cccn3)c2)nc1C.I. The molecule has 2 heterocycles. The normalized spacial score (nSPS) is 12.1. The molecule has 0 spiro atoms. The minimum absolute atomic E-state index is 0. The Morgan fingerprint density at radius 1 is 1.31 bits per heavy atom. The van der Waals surface area contributed by atoms with Crippen LogP contribution in [-0.4, -0.2) is 40.3 Å². The first-order valence-electron chi connectivity index (χ1n) is 10.2. The predicted octanol–water partition coefficient (Wildman–Crippen LogP) is 3.92. The van der Waals surface area contributed by atoms with Gasteiger partial charge in [-0.15, -0.1) is 35.3 Å². The number of benzene rings is 1. The molecule has 0 aliphatic carbocycles. The van der Waals surface area contributed by atoms with Crippen molar-refractivity contribution in [3.05, 3.63) is 69.4 Å². The summed E-state index contributed by atoms with van der Waals surface area (Å²) in [5, 5.41) is 11.7. The standard InChI is InChI=1S/C22H28N6O2S.HI/c1-5-30-21(29)19-15(2)26-20(31-19)16(3)27-22(23-4)24-13-17-8-6-9-18(12-17)14-28-11-7-10-25-28;/h6-12,16H,5,13-14H2,1-4H3,(H2,23,24,27);1H. The molecule has 32 heavy (non-hydrogen) atoms. The lowest BCUT2D eigenvalue weighted by Gasteiger charge is -2.16. The van der Waals surface area contributed by atoms with Crippen molar-refractivity contribution < 1.29 is 9.53 Å². The number of aromatic nitrogens is 3. The van der Waals surface area contributed by atoms with E-state index < -0.39 is 0 Å². The van der Waals surface area contributed by atoms with E-state index in [1.165, 1.54) is 16.9 Å².